The van der Waals surface area contributed by atoms with Gasteiger partial charge in [0.05, 0.1) is 19.4 Å². The predicted molar refractivity (Wildman–Crippen MR) is 95.5 cm³/mol. The monoisotopic (exact) mass is 357 g/mol. The van der Waals surface area contributed by atoms with Gasteiger partial charge in [-0.15, -0.1) is 11.3 Å². The van der Waals surface area contributed by atoms with Crippen LogP contribution in [-0.2, 0) is 4.74 Å². The molecule has 0 bridgehead atoms. The number of ether oxygens (including phenoxy) is 2. The van der Waals surface area contributed by atoms with Gasteiger partial charge in [-0.1, -0.05) is 0 Å². The van der Waals surface area contributed by atoms with Gasteiger partial charge in [-0.25, -0.2) is 14.2 Å². The molecular weight excluding hydrogens is 341 g/mol. The van der Waals surface area contributed by atoms with Gasteiger partial charge in [-0.3, -0.25) is 0 Å². The highest BCUT2D eigenvalue weighted by molar-refractivity contribution is 7.17. The summed E-state index contributed by atoms with van der Waals surface area (Å²) in [5.41, 5.74) is 2.03. The van der Waals surface area contributed by atoms with E-state index in [9.17, 15) is 9.18 Å². The van der Waals surface area contributed by atoms with Crippen LogP contribution in [0.25, 0.3) is 21.8 Å². The fraction of sp³-hybridized carbons (Fsp3) is 0.158. The molecule has 0 saturated heterocycles. The van der Waals surface area contributed by atoms with Gasteiger partial charge in [0.1, 0.15) is 21.5 Å². The molecule has 4 nitrogen and oxygen atoms in total. The molecule has 0 aliphatic rings. The third kappa shape index (κ3) is 3.69. The van der Waals surface area contributed by atoms with Crippen LogP contribution >= 0.6 is 11.3 Å². The first-order chi connectivity index (χ1) is 12.1. The quantitative estimate of drug-likeness (QED) is 0.615. The Labute approximate surface area is 148 Å². The zero-order valence-corrected chi connectivity index (χ0v) is 14.6. The standard InChI is InChI=1S/C19H16FNO3S/c1-3-24-19(22)17-16(12-4-8-14(20)9-5-12)21-18(25-17)13-6-10-15(23-2)11-7-13/h4-11H,3H2,1-2H3. The van der Waals surface area contributed by atoms with Crippen molar-refractivity contribution in [3.63, 3.8) is 0 Å². The first-order valence-electron chi connectivity index (χ1n) is 7.70. The molecule has 25 heavy (non-hydrogen) atoms. The Morgan fingerprint density at radius 3 is 2.32 bits per heavy atom. The Hall–Kier alpha value is -2.73. The number of hydrogen-bond donors (Lipinski definition) is 0. The van der Waals surface area contributed by atoms with Crippen LogP contribution in [0.4, 0.5) is 4.39 Å². The van der Waals surface area contributed by atoms with Gasteiger partial charge in [0.15, 0.2) is 0 Å². The van der Waals surface area contributed by atoms with E-state index in [2.05, 4.69) is 4.98 Å². The van der Waals surface area contributed by atoms with Crippen LogP contribution in [0.2, 0.25) is 0 Å². The molecule has 3 aromatic rings. The van der Waals surface area contributed by atoms with Gasteiger partial charge in [0.25, 0.3) is 0 Å². The molecule has 3 rings (SSSR count). The molecule has 0 aliphatic heterocycles. The van der Waals surface area contributed by atoms with Crippen molar-refractivity contribution in [1.82, 2.24) is 4.98 Å². The fourth-order valence-electron chi connectivity index (χ4n) is 2.32. The molecule has 0 amide bonds. The zero-order chi connectivity index (χ0) is 17.8. The maximum absolute atomic E-state index is 13.2. The molecule has 0 fully saturated rings. The highest BCUT2D eigenvalue weighted by atomic mass is 32.1. The summed E-state index contributed by atoms with van der Waals surface area (Å²) in [6, 6.07) is 13.3. The van der Waals surface area contributed by atoms with Crippen molar-refractivity contribution in [1.29, 1.82) is 0 Å². The van der Waals surface area contributed by atoms with Crippen LogP contribution in [0.5, 0.6) is 5.75 Å². The number of methoxy groups -OCH3 is 1. The average Bonchev–Trinajstić information content (AvgIpc) is 3.08. The third-order valence-electron chi connectivity index (χ3n) is 3.54. The van der Waals surface area contributed by atoms with Crippen LogP contribution in [0, 0.1) is 5.82 Å². The summed E-state index contributed by atoms with van der Waals surface area (Å²) < 4.78 is 23.5. The number of esters is 1. The summed E-state index contributed by atoms with van der Waals surface area (Å²) in [5, 5.41) is 0.685. The average molecular weight is 357 g/mol. The Morgan fingerprint density at radius 2 is 1.72 bits per heavy atom. The van der Waals surface area contributed by atoms with Crippen molar-refractivity contribution in [3.8, 4) is 27.6 Å². The van der Waals surface area contributed by atoms with E-state index in [0.29, 0.717) is 21.1 Å². The topological polar surface area (TPSA) is 48.4 Å². The first kappa shape index (κ1) is 17.1. The third-order valence-corrected chi connectivity index (χ3v) is 4.63. The maximum Gasteiger partial charge on any atom is 0.350 e. The number of rotatable bonds is 5. The summed E-state index contributed by atoms with van der Waals surface area (Å²) in [6.45, 7) is 2.03. The SMILES string of the molecule is CCOC(=O)c1sc(-c2ccc(OC)cc2)nc1-c1ccc(F)cc1. The molecule has 0 aliphatic carbocycles. The van der Waals surface area contributed by atoms with Crippen molar-refractivity contribution in [2.45, 2.75) is 6.92 Å². The molecule has 0 radical (unpaired) electrons. The number of benzene rings is 2. The molecular formula is C19H16FNO3S. The first-order valence-corrected chi connectivity index (χ1v) is 8.52. The van der Waals surface area contributed by atoms with E-state index in [4.69, 9.17) is 9.47 Å². The van der Waals surface area contributed by atoms with Gasteiger partial charge in [0, 0.05) is 11.1 Å². The summed E-state index contributed by atoms with van der Waals surface area (Å²) in [4.78, 5) is 17.3. The number of nitrogens with zero attached hydrogens (tertiary/aromatic N) is 1. The van der Waals surface area contributed by atoms with E-state index in [0.717, 1.165) is 11.3 Å². The lowest BCUT2D eigenvalue weighted by molar-refractivity contribution is 0.0532. The highest BCUT2D eigenvalue weighted by Gasteiger charge is 2.21. The fourth-order valence-corrected chi connectivity index (χ4v) is 3.30. The Kier molecular flexibility index (Phi) is 5.09. The predicted octanol–water partition coefficient (Wildman–Crippen LogP) is 4.80. The number of halogens is 1. The second-order valence-corrected chi connectivity index (χ2v) is 6.15. The van der Waals surface area contributed by atoms with Crippen molar-refractivity contribution in [3.05, 3.63) is 59.2 Å². The number of aromatic nitrogens is 1. The lowest BCUT2D eigenvalue weighted by atomic mass is 10.1. The van der Waals surface area contributed by atoms with Gasteiger partial charge < -0.3 is 9.47 Å². The minimum absolute atomic E-state index is 0.275. The van der Waals surface area contributed by atoms with Crippen LogP contribution in [0.15, 0.2) is 48.5 Å². The van der Waals surface area contributed by atoms with E-state index in [-0.39, 0.29) is 12.4 Å². The lowest BCUT2D eigenvalue weighted by Crippen LogP contribution is -2.03. The molecule has 128 valence electrons. The Balaban J connectivity index is 2.07. The van der Waals surface area contributed by atoms with E-state index in [1.807, 2.05) is 24.3 Å². The Morgan fingerprint density at radius 1 is 1.08 bits per heavy atom. The molecule has 1 heterocycles. The smallest absolute Gasteiger partial charge is 0.350 e. The summed E-state index contributed by atoms with van der Waals surface area (Å²) in [7, 11) is 1.60. The number of hydrogen-bond acceptors (Lipinski definition) is 5. The van der Waals surface area contributed by atoms with E-state index >= 15 is 0 Å². The lowest BCUT2D eigenvalue weighted by Gasteiger charge is -2.02. The van der Waals surface area contributed by atoms with Gasteiger partial charge in [0.2, 0.25) is 0 Å². The molecule has 0 N–H and O–H groups in total. The molecule has 6 heteroatoms. The zero-order valence-electron chi connectivity index (χ0n) is 13.8. The van der Waals surface area contributed by atoms with Crippen molar-refractivity contribution >= 4 is 17.3 Å². The molecule has 0 spiro atoms. The maximum atomic E-state index is 13.2. The van der Waals surface area contributed by atoms with Crippen LogP contribution in [0.3, 0.4) is 0 Å². The molecule has 0 unspecified atom stereocenters. The molecule has 0 atom stereocenters. The van der Waals surface area contributed by atoms with E-state index in [1.54, 1.807) is 26.2 Å². The highest BCUT2D eigenvalue weighted by Crippen LogP contribution is 2.35. The summed E-state index contributed by atoms with van der Waals surface area (Å²) >= 11 is 1.25. The Bertz CT molecular complexity index is 873. The largest absolute Gasteiger partial charge is 0.497 e. The minimum Gasteiger partial charge on any atom is -0.497 e. The second-order valence-electron chi connectivity index (χ2n) is 5.15. The number of carbonyl (C=O) groups is 1. The molecule has 0 saturated carbocycles. The summed E-state index contributed by atoms with van der Waals surface area (Å²) in [6.07, 6.45) is 0. The second kappa shape index (κ2) is 7.44. The van der Waals surface area contributed by atoms with E-state index < -0.39 is 5.97 Å². The summed E-state index contributed by atoms with van der Waals surface area (Å²) in [5.74, 6) is -0.0317. The van der Waals surface area contributed by atoms with E-state index in [1.165, 1.54) is 23.5 Å². The normalized spacial score (nSPS) is 10.5. The van der Waals surface area contributed by atoms with Crippen molar-refractivity contribution < 1.29 is 18.7 Å². The minimum atomic E-state index is -0.431. The molecule has 1 aromatic heterocycles. The number of carbonyl (C=O) groups excluding carboxylic acids is 1. The van der Waals surface area contributed by atoms with Crippen molar-refractivity contribution in [2.75, 3.05) is 13.7 Å². The van der Waals surface area contributed by atoms with Crippen LogP contribution in [-0.4, -0.2) is 24.7 Å². The van der Waals surface area contributed by atoms with Gasteiger partial charge in [-0.2, -0.15) is 0 Å². The molecule has 2 aromatic carbocycles. The number of thiazole rings is 1. The van der Waals surface area contributed by atoms with Crippen molar-refractivity contribution in [2.24, 2.45) is 0 Å². The van der Waals surface area contributed by atoms with Crippen LogP contribution in [0.1, 0.15) is 16.6 Å². The van der Waals surface area contributed by atoms with Gasteiger partial charge >= 0.3 is 5.97 Å². The van der Waals surface area contributed by atoms with Crippen LogP contribution < -0.4 is 4.74 Å². The van der Waals surface area contributed by atoms with Gasteiger partial charge in [-0.05, 0) is 55.5 Å².